The molecule has 1 aromatic heterocycles. The van der Waals surface area contributed by atoms with Crippen molar-refractivity contribution in [3.05, 3.63) is 53.9 Å². The number of piperidine rings is 1. The van der Waals surface area contributed by atoms with E-state index in [1.807, 2.05) is 6.07 Å². The van der Waals surface area contributed by atoms with Crippen LogP contribution in [0.2, 0.25) is 0 Å². The summed E-state index contributed by atoms with van der Waals surface area (Å²) in [6.07, 6.45) is 6.20. The standard InChI is InChI=1S/C18H20F2N4O/c19-15-9-14(10-16(20)17(15)24-7-2-1-3-8-24)23-18(25)22-12-13-5-4-6-21-11-13/h4-6,9-11H,1-3,7-8,12H2,(H2,22,23,25). The Balaban J connectivity index is 1.63. The van der Waals surface area contributed by atoms with Crippen molar-refractivity contribution in [1.29, 1.82) is 0 Å². The fourth-order valence-electron chi connectivity index (χ4n) is 2.92. The van der Waals surface area contributed by atoms with E-state index in [0.717, 1.165) is 37.0 Å². The van der Waals surface area contributed by atoms with E-state index in [9.17, 15) is 13.6 Å². The molecule has 1 aliphatic rings. The number of urea groups is 1. The van der Waals surface area contributed by atoms with Gasteiger partial charge in [-0.1, -0.05) is 6.07 Å². The van der Waals surface area contributed by atoms with Crippen LogP contribution in [0.25, 0.3) is 0 Å². The summed E-state index contributed by atoms with van der Waals surface area (Å²) in [7, 11) is 0. The SMILES string of the molecule is O=C(NCc1cccnc1)Nc1cc(F)c(N2CCCCC2)c(F)c1. The first-order valence-electron chi connectivity index (χ1n) is 8.31. The summed E-state index contributed by atoms with van der Waals surface area (Å²) in [5.41, 5.74) is 0.899. The van der Waals surface area contributed by atoms with Gasteiger partial charge in [0.15, 0.2) is 11.6 Å². The van der Waals surface area contributed by atoms with Crippen LogP contribution in [-0.4, -0.2) is 24.1 Å². The number of pyridine rings is 1. The molecule has 2 N–H and O–H groups in total. The maximum atomic E-state index is 14.3. The highest BCUT2D eigenvalue weighted by molar-refractivity contribution is 5.89. The van der Waals surface area contributed by atoms with Crippen LogP contribution in [0.4, 0.5) is 25.0 Å². The molecule has 0 saturated carbocycles. The van der Waals surface area contributed by atoms with E-state index in [0.29, 0.717) is 13.1 Å². The van der Waals surface area contributed by atoms with Gasteiger partial charge in [0.25, 0.3) is 0 Å². The number of nitrogens with zero attached hydrogens (tertiary/aromatic N) is 2. The van der Waals surface area contributed by atoms with Crippen molar-refractivity contribution >= 4 is 17.4 Å². The number of amides is 2. The summed E-state index contributed by atoms with van der Waals surface area (Å²) < 4.78 is 28.7. The molecule has 0 bridgehead atoms. The van der Waals surface area contributed by atoms with Crippen LogP contribution in [0.3, 0.4) is 0 Å². The minimum atomic E-state index is -0.663. The van der Waals surface area contributed by atoms with Crippen LogP contribution in [-0.2, 0) is 6.54 Å². The molecule has 2 heterocycles. The Kier molecular flexibility index (Phi) is 5.42. The first-order valence-corrected chi connectivity index (χ1v) is 8.31. The van der Waals surface area contributed by atoms with Crippen molar-refractivity contribution in [1.82, 2.24) is 10.3 Å². The lowest BCUT2D eigenvalue weighted by atomic mass is 10.1. The molecule has 0 spiro atoms. The molecule has 3 rings (SSSR count). The van der Waals surface area contributed by atoms with Crippen molar-refractivity contribution in [2.75, 3.05) is 23.3 Å². The zero-order valence-electron chi connectivity index (χ0n) is 13.8. The van der Waals surface area contributed by atoms with Crippen LogP contribution >= 0.6 is 0 Å². The number of nitrogens with one attached hydrogen (secondary N) is 2. The number of hydrogen-bond acceptors (Lipinski definition) is 3. The molecular formula is C18H20F2N4O. The predicted molar refractivity (Wildman–Crippen MR) is 92.5 cm³/mol. The third-order valence-corrected chi connectivity index (χ3v) is 4.12. The molecule has 0 aliphatic carbocycles. The van der Waals surface area contributed by atoms with Gasteiger partial charge < -0.3 is 15.5 Å². The average molecular weight is 346 g/mol. The molecule has 0 atom stereocenters. The van der Waals surface area contributed by atoms with Crippen LogP contribution in [0.1, 0.15) is 24.8 Å². The number of carbonyl (C=O) groups is 1. The average Bonchev–Trinajstić information content (AvgIpc) is 2.61. The summed E-state index contributed by atoms with van der Waals surface area (Å²) in [4.78, 5) is 17.6. The summed E-state index contributed by atoms with van der Waals surface area (Å²) in [6, 6.07) is 5.35. The van der Waals surface area contributed by atoms with Crippen LogP contribution < -0.4 is 15.5 Å². The number of benzene rings is 1. The number of aromatic nitrogens is 1. The molecular weight excluding hydrogens is 326 g/mol. The number of rotatable bonds is 4. The maximum Gasteiger partial charge on any atom is 0.319 e. The number of hydrogen-bond donors (Lipinski definition) is 2. The molecule has 1 aromatic carbocycles. The fraction of sp³-hybridized carbons (Fsp3) is 0.333. The van der Waals surface area contributed by atoms with Gasteiger partial charge in [-0.15, -0.1) is 0 Å². The van der Waals surface area contributed by atoms with Gasteiger partial charge in [0.2, 0.25) is 0 Å². The molecule has 1 aliphatic heterocycles. The molecule has 2 aromatic rings. The van der Waals surface area contributed by atoms with Crippen molar-refractivity contribution in [2.24, 2.45) is 0 Å². The lowest BCUT2D eigenvalue weighted by Gasteiger charge is -2.29. The Morgan fingerprint density at radius 2 is 1.88 bits per heavy atom. The van der Waals surface area contributed by atoms with E-state index in [1.165, 1.54) is 0 Å². The van der Waals surface area contributed by atoms with E-state index in [2.05, 4.69) is 15.6 Å². The van der Waals surface area contributed by atoms with E-state index in [4.69, 9.17) is 0 Å². The zero-order valence-corrected chi connectivity index (χ0v) is 13.8. The quantitative estimate of drug-likeness (QED) is 0.888. The molecule has 7 heteroatoms. The zero-order chi connectivity index (χ0) is 17.6. The minimum Gasteiger partial charge on any atom is -0.367 e. The highest BCUT2D eigenvalue weighted by Gasteiger charge is 2.20. The van der Waals surface area contributed by atoms with Crippen molar-refractivity contribution in [3.8, 4) is 0 Å². The Labute approximate surface area is 145 Å². The maximum absolute atomic E-state index is 14.3. The van der Waals surface area contributed by atoms with Gasteiger partial charge in [-0.25, -0.2) is 13.6 Å². The van der Waals surface area contributed by atoms with Gasteiger partial charge in [0.05, 0.1) is 0 Å². The predicted octanol–water partition coefficient (Wildman–Crippen LogP) is 3.67. The monoisotopic (exact) mass is 346 g/mol. The highest BCUT2D eigenvalue weighted by atomic mass is 19.1. The Morgan fingerprint density at radius 1 is 1.16 bits per heavy atom. The fourth-order valence-corrected chi connectivity index (χ4v) is 2.92. The van der Waals surface area contributed by atoms with Gasteiger partial charge in [-0.3, -0.25) is 4.98 Å². The molecule has 0 radical (unpaired) electrons. The number of halogens is 2. The Hall–Kier alpha value is -2.70. The van der Waals surface area contributed by atoms with E-state index in [-0.39, 0.29) is 17.9 Å². The molecule has 2 amide bonds. The Morgan fingerprint density at radius 3 is 2.52 bits per heavy atom. The summed E-state index contributed by atoms with van der Waals surface area (Å²) >= 11 is 0. The highest BCUT2D eigenvalue weighted by Crippen LogP contribution is 2.29. The second-order valence-corrected chi connectivity index (χ2v) is 6.01. The van der Waals surface area contributed by atoms with E-state index in [1.54, 1.807) is 23.4 Å². The van der Waals surface area contributed by atoms with Crippen LogP contribution in [0, 0.1) is 11.6 Å². The summed E-state index contributed by atoms with van der Waals surface area (Å²) in [5.74, 6) is -1.33. The van der Waals surface area contributed by atoms with Crippen LogP contribution in [0.5, 0.6) is 0 Å². The first kappa shape index (κ1) is 17.1. The second-order valence-electron chi connectivity index (χ2n) is 6.01. The van der Waals surface area contributed by atoms with Crippen molar-refractivity contribution in [3.63, 3.8) is 0 Å². The molecule has 1 saturated heterocycles. The lowest BCUT2D eigenvalue weighted by Crippen LogP contribution is -2.31. The Bertz CT molecular complexity index is 710. The smallest absolute Gasteiger partial charge is 0.319 e. The molecule has 5 nitrogen and oxygen atoms in total. The van der Waals surface area contributed by atoms with Crippen molar-refractivity contribution in [2.45, 2.75) is 25.8 Å². The number of anilines is 2. The summed E-state index contributed by atoms with van der Waals surface area (Å²) in [5, 5.41) is 5.07. The van der Waals surface area contributed by atoms with E-state index < -0.39 is 17.7 Å². The van der Waals surface area contributed by atoms with Gasteiger partial charge in [0.1, 0.15) is 5.69 Å². The molecule has 25 heavy (non-hydrogen) atoms. The van der Waals surface area contributed by atoms with Gasteiger partial charge in [-0.2, -0.15) is 0 Å². The van der Waals surface area contributed by atoms with Gasteiger partial charge in [-0.05, 0) is 43.0 Å². The number of carbonyl (C=O) groups excluding carboxylic acids is 1. The van der Waals surface area contributed by atoms with Crippen molar-refractivity contribution < 1.29 is 13.6 Å². The van der Waals surface area contributed by atoms with Crippen LogP contribution in [0.15, 0.2) is 36.7 Å². The third-order valence-electron chi connectivity index (χ3n) is 4.12. The van der Waals surface area contributed by atoms with E-state index >= 15 is 0 Å². The largest absolute Gasteiger partial charge is 0.367 e. The molecule has 132 valence electrons. The summed E-state index contributed by atoms with van der Waals surface area (Å²) in [6.45, 7) is 1.56. The minimum absolute atomic E-state index is 0.0129. The van der Waals surface area contributed by atoms with Gasteiger partial charge in [0, 0.05) is 37.7 Å². The molecule has 1 fully saturated rings. The topological polar surface area (TPSA) is 57.3 Å². The first-order chi connectivity index (χ1) is 12.1. The molecule has 0 unspecified atom stereocenters. The third kappa shape index (κ3) is 4.43. The van der Waals surface area contributed by atoms with Gasteiger partial charge >= 0.3 is 6.03 Å². The lowest BCUT2D eigenvalue weighted by molar-refractivity contribution is 0.251. The second kappa shape index (κ2) is 7.92. The normalized spacial score (nSPS) is 14.2.